The smallest absolute Gasteiger partial charge is 0.361 e. The number of hydrogen-bond acceptors (Lipinski definition) is 6. The van der Waals surface area contributed by atoms with Gasteiger partial charge in [-0.1, -0.05) is 0 Å². The quantitative estimate of drug-likeness (QED) is 0.718. The number of halogens is 1. The first kappa shape index (κ1) is 18.3. The van der Waals surface area contributed by atoms with Crippen LogP contribution in [0.25, 0.3) is 11.3 Å². The second-order valence-electron chi connectivity index (χ2n) is 5.12. The second-order valence-corrected chi connectivity index (χ2v) is 5.97. The summed E-state index contributed by atoms with van der Waals surface area (Å²) in [6.07, 6.45) is 0.00380. The average molecular weight is 398 g/mol. The van der Waals surface area contributed by atoms with Crippen molar-refractivity contribution < 1.29 is 19.0 Å². The molecule has 0 saturated carbocycles. The van der Waals surface area contributed by atoms with E-state index in [2.05, 4.69) is 31.3 Å². The van der Waals surface area contributed by atoms with Gasteiger partial charge in [-0.05, 0) is 55.8 Å². The van der Waals surface area contributed by atoms with Gasteiger partial charge < -0.3 is 14.2 Å². The van der Waals surface area contributed by atoms with Crippen molar-refractivity contribution in [2.75, 3.05) is 13.2 Å². The van der Waals surface area contributed by atoms with Gasteiger partial charge in [0, 0.05) is 10.0 Å². The molecule has 0 amide bonds. The molecule has 0 spiro atoms. The Morgan fingerprint density at radius 3 is 2.58 bits per heavy atom. The minimum Gasteiger partial charge on any atom is -0.490 e. The second kappa shape index (κ2) is 8.14. The molecule has 0 aliphatic heterocycles. The van der Waals surface area contributed by atoms with Crippen molar-refractivity contribution in [2.45, 2.75) is 33.8 Å². The van der Waals surface area contributed by atoms with E-state index in [1.54, 1.807) is 19.1 Å². The summed E-state index contributed by atoms with van der Waals surface area (Å²) in [5.74, 6) is 0.652. The predicted octanol–water partition coefficient (Wildman–Crippen LogP) is 3.60. The van der Waals surface area contributed by atoms with Crippen LogP contribution in [0.15, 0.2) is 16.6 Å². The van der Waals surface area contributed by atoms with E-state index in [9.17, 15) is 4.79 Å². The molecule has 0 unspecified atom stereocenters. The van der Waals surface area contributed by atoms with E-state index in [1.807, 2.05) is 20.8 Å². The van der Waals surface area contributed by atoms with Gasteiger partial charge in [-0.2, -0.15) is 10.3 Å². The first-order valence-electron chi connectivity index (χ1n) is 7.69. The van der Waals surface area contributed by atoms with Crippen molar-refractivity contribution in [2.24, 2.45) is 0 Å². The lowest BCUT2D eigenvalue weighted by Gasteiger charge is -2.16. The minimum absolute atomic E-state index is 0.00380. The van der Waals surface area contributed by atoms with E-state index in [0.29, 0.717) is 33.8 Å². The maximum Gasteiger partial charge on any atom is 0.361 e. The molecule has 0 atom stereocenters. The third-order valence-corrected chi connectivity index (χ3v) is 3.62. The Bertz CT molecular complexity index is 715. The molecule has 130 valence electrons. The number of aromatic amines is 1. The summed E-state index contributed by atoms with van der Waals surface area (Å²) in [7, 11) is 0. The molecular weight excluding hydrogens is 378 g/mol. The molecule has 0 aliphatic rings. The molecule has 24 heavy (non-hydrogen) atoms. The van der Waals surface area contributed by atoms with Crippen molar-refractivity contribution >= 4 is 21.9 Å². The van der Waals surface area contributed by atoms with Crippen LogP contribution in [0, 0.1) is 0 Å². The number of nitrogens with one attached hydrogen (secondary N) is 1. The highest BCUT2D eigenvalue weighted by atomic mass is 79.9. The van der Waals surface area contributed by atoms with Crippen LogP contribution < -0.4 is 9.47 Å². The zero-order valence-electron chi connectivity index (χ0n) is 14.1. The number of esters is 1. The lowest BCUT2D eigenvalue weighted by Crippen LogP contribution is -2.09. The number of nitrogens with zero attached hydrogens (tertiary/aromatic N) is 2. The zero-order chi connectivity index (χ0) is 17.7. The molecule has 2 rings (SSSR count). The van der Waals surface area contributed by atoms with Gasteiger partial charge in [-0.15, -0.1) is 5.10 Å². The molecule has 0 bridgehead atoms. The number of carbonyl (C=O) groups excluding carboxylic acids is 1. The fourth-order valence-corrected chi connectivity index (χ4v) is 2.60. The molecular formula is C16H20BrN3O4. The van der Waals surface area contributed by atoms with Crippen molar-refractivity contribution in [3.8, 4) is 22.8 Å². The number of aromatic nitrogens is 3. The largest absolute Gasteiger partial charge is 0.490 e. The number of carbonyl (C=O) groups is 1. The zero-order valence-corrected chi connectivity index (χ0v) is 15.6. The van der Waals surface area contributed by atoms with Gasteiger partial charge >= 0.3 is 5.97 Å². The molecule has 0 radical (unpaired) electrons. The highest BCUT2D eigenvalue weighted by Crippen LogP contribution is 2.39. The summed E-state index contributed by atoms with van der Waals surface area (Å²) in [5, 5.41) is 10.4. The Kier molecular flexibility index (Phi) is 6.19. The van der Waals surface area contributed by atoms with Crippen LogP contribution in [-0.4, -0.2) is 40.7 Å². The van der Waals surface area contributed by atoms with Gasteiger partial charge in [0.05, 0.1) is 19.3 Å². The van der Waals surface area contributed by atoms with Crippen LogP contribution in [0.3, 0.4) is 0 Å². The van der Waals surface area contributed by atoms with Crippen LogP contribution in [0.2, 0.25) is 0 Å². The standard InChI is InChI=1S/C16H20BrN3O4/c1-5-22-12-7-10(11(17)8-13(12)24-9(3)4)14-15(19-20-18-14)16(21)23-6-2/h7-9H,5-6H2,1-4H3,(H,18,19,20). The third-order valence-electron chi connectivity index (χ3n) is 2.97. The van der Waals surface area contributed by atoms with E-state index < -0.39 is 5.97 Å². The van der Waals surface area contributed by atoms with E-state index in [4.69, 9.17) is 14.2 Å². The summed E-state index contributed by atoms with van der Waals surface area (Å²) < 4.78 is 17.2. The SMILES string of the molecule is CCOC(=O)c1n[nH]nc1-c1cc(OCC)c(OC(C)C)cc1Br. The van der Waals surface area contributed by atoms with Crippen LogP contribution in [-0.2, 0) is 4.74 Å². The van der Waals surface area contributed by atoms with Crippen molar-refractivity contribution in [1.29, 1.82) is 0 Å². The summed E-state index contributed by atoms with van der Waals surface area (Å²) in [6.45, 7) is 8.25. The number of H-pyrrole nitrogens is 1. The Morgan fingerprint density at radius 1 is 1.21 bits per heavy atom. The van der Waals surface area contributed by atoms with E-state index in [0.717, 1.165) is 0 Å². The average Bonchev–Trinajstić information content (AvgIpc) is 2.99. The minimum atomic E-state index is -0.534. The number of ether oxygens (including phenoxy) is 3. The normalized spacial score (nSPS) is 10.8. The van der Waals surface area contributed by atoms with E-state index >= 15 is 0 Å². The van der Waals surface area contributed by atoms with Crippen LogP contribution in [0.1, 0.15) is 38.2 Å². The highest BCUT2D eigenvalue weighted by Gasteiger charge is 2.23. The Balaban J connectivity index is 2.50. The Hall–Kier alpha value is -2.09. The first-order chi connectivity index (χ1) is 11.5. The van der Waals surface area contributed by atoms with Crippen molar-refractivity contribution in [3.63, 3.8) is 0 Å². The molecule has 1 aromatic carbocycles. The monoisotopic (exact) mass is 397 g/mol. The van der Waals surface area contributed by atoms with Gasteiger partial charge in [0.25, 0.3) is 0 Å². The topological polar surface area (TPSA) is 86.3 Å². The van der Waals surface area contributed by atoms with Crippen molar-refractivity contribution in [3.05, 3.63) is 22.3 Å². The molecule has 1 heterocycles. The molecule has 1 aromatic heterocycles. The predicted molar refractivity (Wildman–Crippen MR) is 92.4 cm³/mol. The summed E-state index contributed by atoms with van der Waals surface area (Å²) >= 11 is 3.50. The molecule has 0 fully saturated rings. The molecule has 1 N–H and O–H groups in total. The maximum absolute atomic E-state index is 12.0. The van der Waals surface area contributed by atoms with Crippen LogP contribution in [0.5, 0.6) is 11.5 Å². The van der Waals surface area contributed by atoms with Gasteiger partial charge in [0.15, 0.2) is 17.2 Å². The fourth-order valence-electron chi connectivity index (χ4n) is 2.09. The van der Waals surface area contributed by atoms with E-state index in [-0.39, 0.29) is 18.4 Å². The molecule has 7 nitrogen and oxygen atoms in total. The lowest BCUT2D eigenvalue weighted by molar-refractivity contribution is 0.0520. The Morgan fingerprint density at radius 2 is 1.96 bits per heavy atom. The number of hydrogen-bond donors (Lipinski definition) is 1. The highest BCUT2D eigenvalue weighted by molar-refractivity contribution is 9.10. The Labute approximate surface area is 148 Å². The molecule has 0 aliphatic carbocycles. The van der Waals surface area contributed by atoms with Gasteiger partial charge in [-0.3, -0.25) is 0 Å². The maximum atomic E-state index is 12.0. The number of rotatable bonds is 7. The van der Waals surface area contributed by atoms with Crippen molar-refractivity contribution in [1.82, 2.24) is 15.4 Å². The first-order valence-corrected chi connectivity index (χ1v) is 8.48. The van der Waals surface area contributed by atoms with Crippen LogP contribution in [0.4, 0.5) is 0 Å². The lowest BCUT2D eigenvalue weighted by atomic mass is 10.1. The molecule has 0 saturated heterocycles. The van der Waals surface area contributed by atoms with Gasteiger partial charge in [0.2, 0.25) is 0 Å². The summed E-state index contributed by atoms with van der Waals surface area (Å²) in [6, 6.07) is 3.57. The van der Waals surface area contributed by atoms with Crippen LogP contribution >= 0.6 is 15.9 Å². The fraction of sp³-hybridized carbons (Fsp3) is 0.438. The summed E-state index contributed by atoms with van der Waals surface area (Å²) in [5.41, 5.74) is 1.17. The molecule has 8 heteroatoms. The molecule has 2 aromatic rings. The van der Waals surface area contributed by atoms with Gasteiger partial charge in [0.1, 0.15) is 5.69 Å². The summed E-state index contributed by atoms with van der Waals surface area (Å²) in [4.78, 5) is 12.0. The third kappa shape index (κ3) is 4.05. The van der Waals surface area contributed by atoms with E-state index in [1.165, 1.54) is 0 Å². The number of benzene rings is 1. The van der Waals surface area contributed by atoms with Gasteiger partial charge in [-0.25, -0.2) is 4.79 Å².